The van der Waals surface area contributed by atoms with Crippen LogP contribution in [-0.2, 0) is 33.5 Å². The van der Waals surface area contributed by atoms with Crippen LogP contribution in [-0.4, -0.2) is 81.2 Å². The van der Waals surface area contributed by atoms with Gasteiger partial charge in [-0.15, -0.1) is 29.5 Å². The Hall–Kier alpha value is -5.20. The molecule has 45 heavy (non-hydrogen) atoms. The monoisotopic (exact) mass is 647 g/mol. The van der Waals surface area contributed by atoms with Crippen LogP contribution in [0.15, 0.2) is 71.2 Å². The summed E-state index contributed by atoms with van der Waals surface area (Å²) in [6, 6.07) is 17.3. The summed E-state index contributed by atoms with van der Waals surface area (Å²) in [6.07, 6.45) is 5.16. The van der Waals surface area contributed by atoms with Crippen molar-refractivity contribution in [2.24, 2.45) is 10.6 Å². The summed E-state index contributed by atoms with van der Waals surface area (Å²) in [5.74, 6) is -1.00. The Labute approximate surface area is 265 Å². The van der Waals surface area contributed by atoms with Gasteiger partial charge >= 0.3 is 11.9 Å². The zero-order chi connectivity index (χ0) is 32.0. The Morgan fingerprint density at radius 1 is 1.18 bits per heavy atom. The summed E-state index contributed by atoms with van der Waals surface area (Å²) in [6.45, 7) is -0.845. The molecule has 2 saturated heterocycles. The molecule has 0 bridgehead atoms. The summed E-state index contributed by atoms with van der Waals surface area (Å²) >= 11 is 2.15. The van der Waals surface area contributed by atoms with Gasteiger partial charge in [-0.3, -0.25) is 19.2 Å². The molecule has 15 heteroatoms. The van der Waals surface area contributed by atoms with E-state index in [0.717, 1.165) is 34.2 Å². The Bertz CT molecular complexity index is 1640. The van der Waals surface area contributed by atoms with E-state index in [-0.39, 0.29) is 28.8 Å². The number of hydrogen-bond donors (Lipinski definition) is 3. The van der Waals surface area contributed by atoms with Crippen LogP contribution in [0, 0.1) is 17.8 Å². The number of carbonyl (C=O) groups excluding carboxylic acids is 4. The summed E-state index contributed by atoms with van der Waals surface area (Å²) in [5.41, 5.74) is -0.402. The van der Waals surface area contributed by atoms with Crippen molar-refractivity contribution < 1.29 is 38.7 Å². The first-order valence-corrected chi connectivity index (χ1v) is 15.3. The lowest BCUT2D eigenvalue weighted by Crippen LogP contribution is -2.73. The lowest BCUT2D eigenvalue weighted by molar-refractivity contribution is -0.155. The zero-order valence-corrected chi connectivity index (χ0v) is 25.0. The number of terminal acetylenes is 1. The van der Waals surface area contributed by atoms with Crippen molar-refractivity contribution in [3.63, 3.8) is 0 Å². The smallest absolute Gasteiger partial charge is 0.347 e. The highest BCUT2D eigenvalue weighted by Gasteiger charge is 2.57. The number of aromatic nitrogens is 1. The zero-order valence-electron chi connectivity index (χ0n) is 23.3. The van der Waals surface area contributed by atoms with Gasteiger partial charge in [0.05, 0.1) is 0 Å². The van der Waals surface area contributed by atoms with Gasteiger partial charge in [-0.1, -0.05) is 71.7 Å². The molecule has 3 amide bonds. The van der Waals surface area contributed by atoms with Crippen LogP contribution in [0.5, 0.6) is 0 Å². The van der Waals surface area contributed by atoms with Gasteiger partial charge in [-0.25, -0.2) is 9.78 Å². The first-order chi connectivity index (χ1) is 21.8. The fourth-order valence-electron chi connectivity index (χ4n) is 4.67. The standard InChI is InChI=1S/C30H25N5O8S2/c1-2-30(28(40)41)15-35-26(39)23(27(35)45-16-30)33-25(38)22(20-14-44-29(32-20)31-17-36)34-42-13-21(37)43-24(18-9-5-3-6-10-18)19-11-7-4-8-12-19/h1,3-12,14,17,23-24,27H,13,15-16H2,(H,33,38)(H,40,41)(H,31,32,36)/t23?,27-,30?/m1/s1. The lowest BCUT2D eigenvalue weighted by Gasteiger charge is -2.52. The van der Waals surface area contributed by atoms with Gasteiger partial charge in [0, 0.05) is 17.7 Å². The van der Waals surface area contributed by atoms with Crippen molar-refractivity contribution in [1.29, 1.82) is 0 Å². The molecule has 3 N–H and O–H groups in total. The molecule has 0 spiro atoms. The summed E-state index contributed by atoms with van der Waals surface area (Å²) < 4.78 is 5.71. The number of esters is 1. The number of anilines is 1. The number of carboxylic acids is 1. The average Bonchev–Trinajstić information content (AvgIpc) is 3.52. The van der Waals surface area contributed by atoms with E-state index in [1.807, 2.05) is 60.7 Å². The largest absolute Gasteiger partial charge is 0.480 e. The number of rotatable bonds is 12. The van der Waals surface area contributed by atoms with E-state index >= 15 is 0 Å². The van der Waals surface area contributed by atoms with Gasteiger partial charge in [-0.2, -0.15) is 0 Å². The molecule has 3 atom stereocenters. The number of fused-ring (bicyclic) bond motifs is 1. The first kappa shape index (κ1) is 31.2. The van der Waals surface area contributed by atoms with Crippen LogP contribution in [0.2, 0.25) is 0 Å². The third-order valence-electron chi connectivity index (χ3n) is 6.99. The second kappa shape index (κ2) is 13.6. The van der Waals surface area contributed by atoms with Crippen LogP contribution in [0.3, 0.4) is 0 Å². The number of thioether (sulfide) groups is 1. The molecule has 2 fully saturated rings. The number of nitrogens with zero attached hydrogens (tertiary/aromatic N) is 3. The van der Waals surface area contributed by atoms with Crippen molar-refractivity contribution in [2.45, 2.75) is 17.5 Å². The topological polar surface area (TPSA) is 177 Å². The van der Waals surface area contributed by atoms with E-state index in [2.05, 4.69) is 26.7 Å². The number of ether oxygens (including phenoxy) is 1. The predicted octanol–water partition coefficient (Wildman–Crippen LogP) is 1.87. The van der Waals surface area contributed by atoms with Crippen molar-refractivity contribution in [2.75, 3.05) is 24.2 Å². The molecule has 0 aliphatic carbocycles. The second-order valence-corrected chi connectivity index (χ2v) is 11.8. The molecule has 13 nitrogen and oxygen atoms in total. The molecule has 3 heterocycles. The number of oxime groups is 1. The van der Waals surface area contributed by atoms with Crippen LogP contribution in [0.1, 0.15) is 22.9 Å². The molecular formula is C30H25N5O8S2. The number of thiazole rings is 1. The van der Waals surface area contributed by atoms with Gasteiger partial charge in [0.1, 0.15) is 17.1 Å². The fraction of sp³-hybridized carbons (Fsp3) is 0.233. The van der Waals surface area contributed by atoms with E-state index in [9.17, 15) is 29.1 Å². The summed E-state index contributed by atoms with van der Waals surface area (Å²) in [4.78, 5) is 72.4. The number of hydrogen-bond acceptors (Lipinski definition) is 11. The number of β-lactam (4-membered cyclic amide) rings is 1. The molecule has 2 aliphatic heterocycles. The van der Waals surface area contributed by atoms with Crippen LogP contribution >= 0.6 is 23.1 Å². The molecular weight excluding hydrogens is 622 g/mol. The highest BCUT2D eigenvalue weighted by atomic mass is 32.2. The number of aliphatic carboxylic acids is 1. The molecule has 0 saturated carbocycles. The van der Waals surface area contributed by atoms with Crippen LogP contribution < -0.4 is 10.6 Å². The molecule has 230 valence electrons. The van der Waals surface area contributed by atoms with Gasteiger partial charge < -0.3 is 30.2 Å². The third-order valence-corrected chi connectivity index (χ3v) is 9.29. The summed E-state index contributed by atoms with van der Waals surface area (Å²) in [7, 11) is 0. The van der Waals surface area contributed by atoms with Crippen molar-refractivity contribution in [3.05, 3.63) is 82.9 Å². The molecule has 5 rings (SSSR count). The Morgan fingerprint density at radius 2 is 1.84 bits per heavy atom. The SMILES string of the molecule is C#CC1(C(=O)O)CS[C@@H]2C(NC(=O)C(=NOCC(=O)OC(c3ccccc3)c3ccccc3)c3csc(NC=O)n3)C(=O)N2C1. The predicted molar refractivity (Wildman–Crippen MR) is 164 cm³/mol. The quantitative estimate of drug-likeness (QED) is 0.0657. The minimum Gasteiger partial charge on any atom is -0.480 e. The number of nitrogens with one attached hydrogen (secondary N) is 2. The molecule has 2 aliphatic rings. The van der Waals surface area contributed by atoms with Crippen LogP contribution in [0.4, 0.5) is 5.13 Å². The molecule has 2 aromatic carbocycles. The maximum absolute atomic E-state index is 13.4. The number of carbonyl (C=O) groups is 5. The molecule has 0 radical (unpaired) electrons. The second-order valence-electron chi connectivity index (χ2n) is 9.86. The highest BCUT2D eigenvalue weighted by Crippen LogP contribution is 2.42. The summed E-state index contributed by atoms with van der Waals surface area (Å²) in [5, 5.41) is 19.5. The Morgan fingerprint density at radius 3 is 2.44 bits per heavy atom. The van der Waals surface area contributed by atoms with Gasteiger partial charge in [-0.05, 0) is 11.1 Å². The lowest BCUT2D eigenvalue weighted by atomic mass is 9.88. The number of carboxylic acid groups (broad SMARTS) is 1. The highest BCUT2D eigenvalue weighted by molar-refractivity contribution is 8.00. The van der Waals surface area contributed by atoms with Gasteiger partial charge in [0.25, 0.3) is 5.91 Å². The third kappa shape index (κ3) is 6.66. The minimum atomic E-state index is -1.52. The van der Waals surface area contributed by atoms with Crippen molar-refractivity contribution in [1.82, 2.24) is 15.2 Å². The first-order valence-electron chi connectivity index (χ1n) is 13.4. The minimum absolute atomic E-state index is 0.0128. The van der Waals surface area contributed by atoms with E-state index in [1.54, 1.807) is 0 Å². The fourth-order valence-corrected chi connectivity index (χ4v) is 6.81. The van der Waals surface area contributed by atoms with E-state index in [1.165, 1.54) is 10.3 Å². The van der Waals surface area contributed by atoms with Gasteiger partial charge in [0.2, 0.25) is 18.9 Å². The maximum atomic E-state index is 13.4. The normalized spacial score (nSPS) is 20.7. The van der Waals surface area contributed by atoms with Gasteiger partial charge in [0.15, 0.2) is 22.4 Å². The molecule has 1 aromatic heterocycles. The number of benzene rings is 2. The van der Waals surface area contributed by atoms with Crippen molar-refractivity contribution in [3.8, 4) is 12.3 Å². The average molecular weight is 648 g/mol. The van der Waals surface area contributed by atoms with E-state index in [0.29, 0.717) is 6.41 Å². The van der Waals surface area contributed by atoms with Crippen LogP contribution in [0.25, 0.3) is 0 Å². The van der Waals surface area contributed by atoms with Crippen molar-refractivity contribution >= 4 is 64.1 Å². The Kier molecular flexibility index (Phi) is 9.45. The number of amides is 3. The maximum Gasteiger partial charge on any atom is 0.347 e. The Balaban J connectivity index is 1.29. The van der Waals surface area contributed by atoms with E-state index in [4.69, 9.17) is 16.0 Å². The molecule has 3 aromatic rings. The van der Waals surface area contributed by atoms with E-state index < -0.39 is 53.3 Å². The molecule has 2 unspecified atom stereocenters.